The maximum atomic E-state index is 12.2. The van der Waals surface area contributed by atoms with Gasteiger partial charge in [-0.25, -0.2) is 9.52 Å². The number of amides is 2. The van der Waals surface area contributed by atoms with Crippen molar-refractivity contribution in [2.75, 3.05) is 26.1 Å². The van der Waals surface area contributed by atoms with Gasteiger partial charge in [0.2, 0.25) is 0 Å². The molecule has 0 aliphatic carbocycles. The molecule has 182 valence electrons. The Morgan fingerprint density at radius 1 is 0.971 bits per heavy atom. The number of ether oxygens (including phenoxy) is 2. The summed E-state index contributed by atoms with van der Waals surface area (Å²) in [7, 11) is 3.34. The molecule has 0 spiro atoms. The van der Waals surface area contributed by atoms with Crippen LogP contribution in [-0.4, -0.2) is 31.7 Å². The first kappa shape index (κ1) is 23.4. The van der Waals surface area contributed by atoms with Gasteiger partial charge in [-0.15, -0.1) is 0 Å². The van der Waals surface area contributed by atoms with Crippen molar-refractivity contribution in [3.05, 3.63) is 82.4 Å². The third-order valence-electron chi connectivity index (χ3n) is 6.67. The average Bonchev–Trinajstić information content (AvgIpc) is 2.88. The van der Waals surface area contributed by atoms with Crippen molar-refractivity contribution in [2.45, 2.75) is 32.4 Å². The standard InChI is InChI=1S/C27H29N3O4S/c1-17-4-6-21(7-5-17)28-27(31)29-35-34-26-14-19-13-24-23-9-8-22(32-2)12-18(23)10-11-30(24)16-20(19)15-25(26)33-3/h4-9,12,14-15,24H,10-11,13,16H2,1-3H3,(H2,28,29,31). The van der Waals surface area contributed by atoms with Gasteiger partial charge < -0.3 is 19.0 Å². The van der Waals surface area contributed by atoms with Gasteiger partial charge in [-0.05, 0) is 78.4 Å². The fourth-order valence-electron chi connectivity index (χ4n) is 4.83. The van der Waals surface area contributed by atoms with Crippen LogP contribution in [0.1, 0.15) is 33.9 Å². The molecule has 3 aromatic rings. The Hall–Kier alpha value is -3.36. The van der Waals surface area contributed by atoms with Gasteiger partial charge in [-0.2, -0.15) is 0 Å². The van der Waals surface area contributed by atoms with E-state index < -0.39 is 0 Å². The predicted molar refractivity (Wildman–Crippen MR) is 138 cm³/mol. The number of nitrogens with zero attached hydrogens (tertiary/aromatic N) is 1. The maximum Gasteiger partial charge on any atom is 0.331 e. The van der Waals surface area contributed by atoms with Crippen molar-refractivity contribution in [2.24, 2.45) is 0 Å². The molecule has 7 nitrogen and oxygen atoms in total. The van der Waals surface area contributed by atoms with Crippen LogP contribution in [-0.2, 0) is 19.4 Å². The molecule has 8 heteroatoms. The SMILES string of the molecule is COc1ccc2c(c1)CCN1Cc3cc(OC)c(OSNC(=O)Nc4ccc(C)cc4)cc3CC21. The van der Waals surface area contributed by atoms with E-state index in [0.717, 1.165) is 55.2 Å². The number of hydrogen-bond acceptors (Lipinski definition) is 6. The van der Waals surface area contributed by atoms with Crippen LogP contribution in [0.4, 0.5) is 10.5 Å². The molecule has 2 aliphatic rings. The minimum absolute atomic E-state index is 0.324. The molecule has 2 heterocycles. The highest BCUT2D eigenvalue weighted by Crippen LogP contribution is 2.42. The zero-order valence-electron chi connectivity index (χ0n) is 20.1. The molecular formula is C27H29N3O4S. The molecule has 1 atom stereocenters. The van der Waals surface area contributed by atoms with E-state index in [0.29, 0.717) is 17.5 Å². The minimum Gasteiger partial charge on any atom is -0.497 e. The number of carbonyl (C=O) groups is 1. The lowest BCUT2D eigenvalue weighted by Crippen LogP contribution is -2.39. The normalized spacial score (nSPS) is 16.4. The Labute approximate surface area is 210 Å². The lowest BCUT2D eigenvalue weighted by molar-refractivity contribution is 0.160. The third kappa shape index (κ3) is 5.04. The molecule has 0 aromatic heterocycles. The molecule has 35 heavy (non-hydrogen) atoms. The first-order valence-corrected chi connectivity index (χ1v) is 12.4. The summed E-state index contributed by atoms with van der Waals surface area (Å²) in [6.45, 7) is 3.88. The van der Waals surface area contributed by atoms with Gasteiger partial charge in [0.05, 0.1) is 14.2 Å². The fourth-order valence-corrected chi connectivity index (χ4v) is 5.21. The first-order chi connectivity index (χ1) is 17.0. The number of benzene rings is 3. The molecular weight excluding hydrogens is 462 g/mol. The first-order valence-electron chi connectivity index (χ1n) is 11.6. The molecule has 2 amide bonds. The van der Waals surface area contributed by atoms with Crippen LogP contribution >= 0.6 is 12.2 Å². The van der Waals surface area contributed by atoms with Crippen LogP contribution in [0.2, 0.25) is 0 Å². The molecule has 3 aromatic carbocycles. The summed E-state index contributed by atoms with van der Waals surface area (Å²) in [4.78, 5) is 14.8. The maximum absolute atomic E-state index is 12.2. The zero-order chi connectivity index (χ0) is 24.4. The predicted octanol–water partition coefficient (Wildman–Crippen LogP) is 5.43. The van der Waals surface area contributed by atoms with Crippen molar-refractivity contribution >= 4 is 23.9 Å². The average molecular weight is 492 g/mol. The smallest absolute Gasteiger partial charge is 0.331 e. The van der Waals surface area contributed by atoms with Crippen LogP contribution in [0.25, 0.3) is 0 Å². The van der Waals surface area contributed by atoms with E-state index in [1.807, 2.05) is 43.3 Å². The Morgan fingerprint density at radius 2 is 1.77 bits per heavy atom. The van der Waals surface area contributed by atoms with Gasteiger partial charge in [0, 0.05) is 24.8 Å². The summed E-state index contributed by atoms with van der Waals surface area (Å²) in [6.07, 6.45) is 1.91. The molecule has 2 N–H and O–H groups in total. The van der Waals surface area contributed by atoms with Crippen molar-refractivity contribution < 1.29 is 18.5 Å². The Bertz CT molecular complexity index is 1230. The monoisotopic (exact) mass is 491 g/mol. The number of anilines is 1. The summed E-state index contributed by atoms with van der Waals surface area (Å²) < 4.78 is 19.5. The van der Waals surface area contributed by atoms with Crippen molar-refractivity contribution in [3.63, 3.8) is 0 Å². The number of carbonyl (C=O) groups excluding carboxylic acids is 1. The molecule has 2 aliphatic heterocycles. The van der Waals surface area contributed by atoms with Crippen LogP contribution < -0.4 is 23.7 Å². The van der Waals surface area contributed by atoms with E-state index in [9.17, 15) is 4.79 Å². The molecule has 0 saturated carbocycles. The number of hydrogen-bond donors (Lipinski definition) is 2. The van der Waals surface area contributed by atoms with E-state index in [1.54, 1.807) is 14.2 Å². The largest absolute Gasteiger partial charge is 0.497 e. The fraction of sp³-hybridized carbons (Fsp3) is 0.296. The summed E-state index contributed by atoms with van der Waals surface area (Å²) >= 11 is 0.866. The molecule has 0 saturated heterocycles. The highest BCUT2D eigenvalue weighted by atomic mass is 32.2. The van der Waals surface area contributed by atoms with E-state index in [1.165, 1.54) is 22.3 Å². The number of rotatable bonds is 6. The summed E-state index contributed by atoms with van der Waals surface area (Å²) in [5, 5.41) is 2.79. The Kier molecular flexibility index (Phi) is 6.74. The van der Waals surface area contributed by atoms with Crippen molar-refractivity contribution in [1.82, 2.24) is 9.62 Å². The van der Waals surface area contributed by atoms with Gasteiger partial charge in [-0.3, -0.25) is 4.90 Å². The molecule has 0 radical (unpaired) electrons. The van der Waals surface area contributed by atoms with Crippen LogP contribution in [0.3, 0.4) is 0 Å². The van der Waals surface area contributed by atoms with E-state index in [-0.39, 0.29) is 6.03 Å². The van der Waals surface area contributed by atoms with Gasteiger partial charge in [0.25, 0.3) is 0 Å². The number of fused-ring (bicyclic) bond motifs is 4. The molecule has 5 rings (SSSR count). The van der Waals surface area contributed by atoms with Gasteiger partial charge >= 0.3 is 6.03 Å². The second kappa shape index (κ2) is 10.1. The second-order valence-electron chi connectivity index (χ2n) is 8.87. The molecule has 1 unspecified atom stereocenters. The molecule has 0 bridgehead atoms. The van der Waals surface area contributed by atoms with Crippen LogP contribution in [0, 0.1) is 6.92 Å². The third-order valence-corrected chi connectivity index (χ3v) is 7.20. The quantitative estimate of drug-likeness (QED) is 0.354. The minimum atomic E-state index is -0.360. The number of urea groups is 1. The molecule has 0 fully saturated rings. The van der Waals surface area contributed by atoms with E-state index in [4.69, 9.17) is 13.7 Å². The van der Waals surface area contributed by atoms with Gasteiger partial charge in [0.15, 0.2) is 23.7 Å². The van der Waals surface area contributed by atoms with Crippen molar-refractivity contribution in [3.8, 4) is 17.2 Å². The van der Waals surface area contributed by atoms with Gasteiger partial charge in [0.1, 0.15) is 5.75 Å². The second-order valence-corrected chi connectivity index (χ2v) is 9.40. The number of nitrogens with one attached hydrogen (secondary N) is 2. The summed E-state index contributed by atoms with van der Waals surface area (Å²) in [6, 6.07) is 18.1. The van der Waals surface area contributed by atoms with E-state index >= 15 is 0 Å². The highest BCUT2D eigenvalue weighted by Gasteiger charge is 2.33. The highest BCUT2D eigenvalue weighted by molar-refractivity contribution is 7.93. The Morgan fingerprint density at radius 3 is 2.54 bits per heavy atom. The summed E-state index contributed by atoms with van der Waals surface area (Å²) in [5.41, 5.74) is 7.05. The van der Waals surface area contributed by atoms with Crippen LogP contribution in [0.15, 0.2) is 54.6 Å². The van der Waals surface area contributed by atoms with Gasteiger partial charge in [-0.1, -0.05) is 23.8 Å². The number of aryl methyl sites for hydroxylation is 1. The van der Waals surface area contributed by atoms with E-state index in [2.05, 4.69) is 33.1 Å². The zero-order valence-corrected chi connectivity index (χ0v) is 20.9. The number of methoxy groups -OCH3 is 2. The topological polar surface area (TPSA) is 72.1 Å². The Balaban J connectivity index is 1.27. The van der Waals surface area contributed by atoms with Crippen LogP contribution in [0.5, 0.6) is 17.2 Å². The van der Waals surface area contributed by atoms with Crippen molar-refractivity contribution in [1.29, 1.82) is 0 Å². The lowest BCUT2D eigenvalue weighted by atomic mass is 9.84. The summed E-state index contributed by atoms with van der Waals surface area (Å²) in [5.74, 6) is 2.15. The lowest BCUT2D eigenvalue weighted by Gasteiger charge is -2.41.